The van der Waals surface area contributed by atoms with Crippen LogP contribution in [0.3, 0.4) is 0 Å². The monoisotopic (exact) mass is 231 g/mol. The van der Waals surface area contributed by atoms with Crippen LogP contribution in [0.15, 0.2) is 12.8 Å². The third-order valence-corrected chi connectivity index (χ3v) is 1.65. The van der Waals surface area contributed by atoms with Gasteiger partial charge in [-0.2, -0.15) is 0 Å². The minimum absolute atomic E-state index is 0.0751. The van der Waals surface area contributed by atoms with Crippen LogP contribution in [-0.2, 0) is 19.1 Å². The van der Waals surface area contributed by atoms with Crippen LogP contribution in [0.2, 0.25) is 0 Å². The largest absolute Gasteiger partial charge is 0.480 e. The molecule has 0 saturated carbocycles. The number of aliphatic carboxylic acids is 1. The number of hydrogen-bond donors (Lipinski definition) is 2. The Morgan fingerprint density at radius 3 is 2.56 bits per heavy atom. The number of carboxylic acid groups (broad SMARTS) is 1. The summed E-state index contributed by atoms with van der Waals surface area (Å²) in [6, 6.07) is -1.20. The summed E-state index contributed by atoms with van der Waals surface area (Å²) in [4.78, 5) is 32.4. The van der Waals surface area contributed by atoms with E-state index in [4.69, 9.17) is 5.11 Å². The number of carbonyl (C=O) groups is 3. The van der Waals surface area contributed by atoms with Crippen molar-refractivity contribution in [1.29, 1.82) is 0 Å². The number of amides is 1. The molecule has 16 heavy (non-hydrogen) atoms. The molecule has 0 spiro atoms. The van der Waals surface area contributed by atoms with Gasteiger partial charge in [-0.25, -0.2) is 9.59 Å². The van der Waals surface area contributed by atoms with Gasteiger partial charge in [0.2, 0.25) is 0 Å². The van der Waals surface area contributed by atoms with E-state index in [0.29, 0.717) is 0 Å². The number of rotatable bonds is 6. The van der Waals surface area contributed by atoms with Crippen LogP contribution in [0.25, 0.3) is 0 Å². The lowest BCUT2D eigenvalue weighted by molar-refractivity contribution is -0.142. The molecule has 0 radical (unpaired) electrons. The number of hydrogen-bond acceptors (Lipinski definition) is 5. The second kappa shape index (κ2) is 7.27. The molecule has 0 bridgehead atoms. The molecule has 1 unspecified atom stereocenters. The first-order valence-electron chi connectivity index (χ1n) is 4.39. The van der Waals surface area contributed by atoms with Crippen LogP contribution in [0, 0.1) is 0 Å². The van der Waals surface area contributed by atoms with E-state index in [1.807, 2.05) is 0 Å². The first-order valence-corrected chi connectivity index (χ1v) is 4.39. The number of carboxylic acids is 1. The molecule has 1 atom stereocenters. The molecule has 90 valence electrons. The maximum Gasteiger partial charge on any atom is 0.412 e. The highest BCUT2D eigenvalue weighted by molar-refractivity contribution is 5.80. The van der Waals surface area contributed by atoms with E-state index in [9.17, 15) is 14.4 Å². The van der Waals surface area contributed by atoms with Gasteiger partial charge in [0.1, 0.15) is 6.04 Å². The Labute approximate surface area is 92.0 Å². The molecule has 0 heterocycles. The lowest BCUT2D eigenvalue weighted by atomic mass is 10.1. The van der Waals surface area contributed by atoms with Gasteiger partial charge in [-0.1, -0.05) is 6.58 Å². The third kappa shape index (κ3) is 5.63. The summed E-state index contributed by atoms with van der Waals surface area (Å²) in [5.74, 6) is -1.81. The molecule has 0 aliphatic carbocycles. The molecule has 0 aromatic heterocycles. The minimum Gasteiger partial charge on any atom is -0.480 e. The van der Waals surface area contributed by atoms with E-state index >= 15 is 0 Å². The third-order valence-electron chi connectivity index (χ3n) is 1.65. The van der Waals surface area contributed by atoms with Gasteiger partial charge in [-0.05, 0) is 6.42 Å². The van der Waals surface area contributed by atoms with Gasteiger partial charge in [0, 0.05) is 6.42 Å². The highest BCUT2D eigenvalue weighted by atomic mass is 16.5. The Morgan fingerprint density at radius 1 is 1.50 bits per heavy atom. The summed E-state index contributed by atoms with van der Waals surface area (Å²) < 4.78 is 8.63. The molecule has 0 saturated heterocycles. The Balaban J connectivity index is 4.17. The summed E-state index contributed by atoms with van der Waals surface area (Å²) >= 11 is 0. The number of nitrogens with one attached hydrogen (secondary N) is 1. The zero-order valence-electron chi connectivity index (χ0n) is 8.76. The van der Waals surface area contributed by atoms with Crippen LogP contribution < -0.4 is 5.32 Å². The van der Waals surface area contributed by atoms with Crippen molar-refractivity contribution in [2.24, 2.45) is 0 Å². The lowest BCUT2D eigenvalue weighted by Crippen LogP contribution is -2.40. The Hall–Kier alpha value is -2.05. The Morgan fingerprint density at radius 2 is 2.12 bits per heavy atom. The van der Waals surface area contributed by atoms with Gasteiger partial charge in [0.05, 0.1) is 13.4 Å². The Bertz CT molecular complexity index is 288. The highest BCUT2D eigenvalue weighted by Crippen LogP contribution is 2.00. The normalized spacial score (nSPS) is 11.1. The second-order valence-corrected chi connectivity index (χ2v) is 2.72. The van der Waals surface area contributed by atoms with Crippen LogP contribution in [0.5, 0.6) is 0 Å². The molecule has 0 aliphatic rings. The predicted molar refractivity (Wildman–Crippen MR) is 52.5 cm³/mol. The van der Waals surface area contributed by atoms with Crippen molar-refractivity contribution >= 4 is 18.0 Å². The van der Waals surface area contributed by atoms with E-state index in [-0.39, 0.29) is 12.8 Å². The first kappa shape index (κ1) is 13.9. The lowest BCUT2D eigenvalue weighted by Gasteiger charge is -2.12. The maximum atomic E-state index is 10.9. The first-order chi connectivity index (χ1) is 7.51. The van der Waals surface area contributed by atoms with Crippen molar-refractivity contribution < 1.29 is 29.0 Å². The number of methoxy groups -OCH3 is 1. The van der Waals surface area contributed by atoms with Gasteiger partial charge in [-0.15, -0.1) is 0 Å². The van der Waals surface area contributed by atoms with Crippen molar-refractivity contribution in [3.05, 3.63) is 12.8 Å². The standard InChI is InChI=1S/C9H13NO6/c1-3-16-9(14)10-6(8(12)13)4-5-7(11)15-2/h3,6H,1,4-5H2,2H3,(H,10,14)(H,12,13). The van der Waals surface area contributed by atoms with Crippen molar-refractivity contribution in [2.45, 2.75) is 18.9 Å². The molecule has 0 aromatic carbocycles. The molecular formula is C9H13NO6. The SMILES string of the molecule is C=COC(=O)NC(CCC(=O)OC)C(=O)O. The summed E-state index contributed by atoms with van der Waals surface area (Å²) in [6.45, 7) is 3.14. The zero-order valence-corrected chi connectivity index (χ0v) is 8.76. The number of carbonyl (C=O) groups excluding carboxylic acids is 2. The van der Waals surface area contributed by atoms with E-state index in [0.717, 1.165) is 6.26 Å². The number of ether oxygens (including phenoxy) is 2. The molecule has 0 rings (SSSR count). The molecule has 7 heteroatoms. The average Bonchev–Trinajstić information content (AvgIpc) is 2.23. The van der Waals surface area contributed by atoms with E-state index in [1.165, 1.54) is 7.11 Å². The zero-order chi connectivity index (χ0) is 12.6. The topological polar surface area (TPSA) is 102 Å². The summed E-state index contributed by atoms with van der Waals surface area (Å²) in [7, 11) is 1.19. The minimum atomic E-state index is -1.26. The van der Waals surface area contributed by atoms with Crippen molar-refractivity contribution in [1.82, 2.24) is 5.32 Å². The van der Waals surface area contributed by atoms with Crippen LogP contribution in [-0.4, -0.2) is 36.3 Å². The molecule has 1 amide bonds. The van der Waals surface area contributed by atoms with Crippen LogP contribution in [0.4, 0.5) is 4.79 Å². The second-order valence-electron chi connectivity index (χ2n) is 2.72. The van der Waals surface area contributed by atoms with Crippen LogP contribution >= 0.6 is 0 Å². The van der Waals surface area contributed by atoms with Crippen LogP contribution in [0.1, 0.15) is 12.8 Å². The van der Waals surface area contributed by atoms with Crippen molar-refractivity contribution in [2.75, 3.05) is 7.11 Å². The summed E-state index contributed by atoms with van der Waals surface area (Å²) in [5.41, 5.74) is 0. The Kier molecular flexibility index (Phi) is 6.34. The fourth-order valence-electron chi connectivity index (χ4n) is 0.874. The highest BCUT2D eigenvalue weighted by Gasteiger charge is 2.21. The molecule has 0 aromatic rings. The molecule has 2 N–H and O–H groups in total. The van der Waals surface area contributed by atoms with Gasteiger partial charge in [-0.3, -0.25) is 4.79 Å². The molecular weight excluding hydrogens is 218 g/mol. The number of esters is 1. The summed E-state index contributed by atoms with van der Waals surface area (Å²) in [6.07, 6.45) is -0.253. The fraction of sp³-hybridized carbons (Fsp3) is 0.444. The molecule has 7 nitrogen and oxygen atoms in total. The van der Waals surface area contributed by atoms with Crippen molar-refractivity contribution in [3.8, 4) is 0 Å². The van der Waals surface area contributed by atoms with Gasteiger partial charge >= 0.3 is 18.0 Å². The predicted octanol–water partition coefficient (Wildman–Crippen LogP) is 0.262. The van der Waals surface area contributed by atoms with E-state index < -0.39 is 24.1 Å². The smallest absolute Gasteiger partial charge is 0.412 e. The molecule has 0 fully saturated rings. The fourth-order valence-corrected chi connectivity index (χ4v) is 0.874. The van der Waals surface area contributed by atoms with E-state index in [2.05, 4.69) is 21.4 Å². The summed E-state index contributed by atoms with van der Waals surface area (Å²) in [5, 5.41) is 10.8. The quantitative estimate of drug-likeness (QED) is 0.502. The maximum absolute atomic E-state index is 10.9. The van der Waals surface area contributed by atoms with Gasteiger partial charge in [0.15, 0.2) is 0 Å². The number of alkyl carbamates (subject to hydrolysis) is 1. The molecule has 0 aliphatic heterocycles. The van der Waals surface area contributed by atoms with Gasteiger partial charge in [0.25, 0.3) is 0 Å². The van der Waals surface area contributed by atoms with E-state index in [1.54, 1.807) is 0 Å². The average molecular weight is 231 g/mol. The van der Waals surface area contributed by atoms with Gasteiger partial charge < -0.3 is 19.9 Å². The van der Waals surface area contributed by atoms with Crippen molar-refractivity contribution in [3.63, 3.8) is 0 Å².